The third-order valence-electron chi connectivity index (χ3n) is 11.2. The summed E-state index contributed by atoms with van der Waals surface area (Å²) in [4.78, 5) is 2.31. The molecule has 56 heavy (non-hydrogen) atoms. The summed E-state index contributed by atoms with van der Waals surface area (Å²) in [5.74, 6) is 1.73. The van der Waals surface area contributed by atoms with Gasteiger partial charge in [0.2, 0.25) is 0 Å². The molecule has 0 N–H and O–H groups in total. The van der Waals surface area contributed by atoms with Crippen LogP contribution in [0.1, 0.15) is 11.1 Å². The number of rotatable bonds is 5. The number of ether oxygens (including phenoxy) is 1. The van der Waals surface area contributed by atoms with Crippen LogP contribution in [0.2, 0.25) is 0 Å². The Morgan fingerprint density at radius 2 is 0.982 bits per heavy atom. The number of hydrogen-bond acceptors (Lipinski definition) is 2. The van der Waals surface area contributed by atoms with Gasteiger partial charge < -0.3 is 18.8 Å². The highest BCUT2D eigenvalue weighted by Crippen LogP contribution is 2.51. The van der Waals surface area contributed by atoms with E-state index in [1.54, 1.807) is 0 Å². The summed E-state index contributed by atoms with van der Waals surface area (Å²) in [5, 5.41) is 3.68. The van der Waals surface area contributed by atoms with E-state index in [0.29, 0.717) is 0 Å². The smallest absolute Gasteiger partial charge is 0.151 e. The molecule has 8 aromatic carbocycles. The quantitative estimate of drug-likeness (QED) is 0.177. The van der Waals surface area contributed by atoms with Gasteiger partial charge in [-0.05, 0) is 132 Å². The van der Waals surface area contributed by atoms with E-state index in [-0.39, 0.29) is 0 Å². The van der Waals surface area contributed by atoms with Gasteiger partial charge in [-0.25, -0.2) is 0 Å². The number of benzene rings is 8. The molecule has 1 aliphatic rings. The lowest BCUT2D eigenvalue weighted by atomic mass is 9.98. The zero-order valence-corrected chi connectivity index (χ0v) is 31.1. The van der Waals surface area contributed by atoms with Crippen molar-refractivity contribution in [3.05, 3.63) is 199 Å². The topological polar surface area (TPSA) is 22.3 Å². The predicted molar refractivity (Wildman–Crippen MR) is 233 cm³/mol. The molecule has 0 bridgehead atoms. The lowest BCUT2D eigenvalue weighted by molar-refractivity contribution is 0.476. The van der Waals surface area contributed by atoms with Crippen LogP contribution >= 0.6 is 0 Å². The molecule has 4 heteroatoms. The van der Waals surface area contributed by atoms with Gasteiger partial charge in [0, 0.05) is 39.4 Å². The third-order valence-corrected chi connectivity index (χ3v) is 11.2. The third kappa shape index (κ3) is 5.14. The molecule has 0 aliphatic carbocycles. The number of aromatic nitrogens is 2. The summed E-state index contributed by atoms with van der Waals surface area (Å²) in [6.07, 6.45) is 2.23. The van der Waals surface area contributed by atoms with E-state index in [1.165, 1.54) is 60.6 Å². The first kappa shape index (κ1) is 32.2. The molecule has 0 amide bonds. The molecule has 10 aromatic rings. The zero-order valence-electron chi connectivity index (χ0n) is 31.1. The first-order valence-corrected chi connectivity index (χ1v) is 19.2. The molecule has 0 saturated carbocycles. The minimum Gasteiger partial charge on any atom is -0.453 e. The molecule has 4 nitrogen and oxygen atoms in total. The maximum Gasteiger partial charge on any atom is 0.151 e. The Balaban J connectivity index is 1.08. The Morgan fingerprint density at radius 3 is 1.62 bits per heavy atom. The monoisotopic (exact) mass is 719 g/mol. The van der Waals surface area contributed by atoms with E-state index in [2.05, 4.69) is 216 Å². The fourth-order valence-corrected chi connectivity index (χ4v) is 8.57. The summed E-state index contributed by atoms with van der Waals surface area (Å²) in [5.41, 5.74) is 16.0. The van der Waals surface area contributed by atoms with Crippen LogP contribution in [0.15, 0.2) is 188 Å². The van der Waals surface area contributed by atoms with Gasteiger partial charge in [0.05, 0.1) is 27.9 Å². The molecule has 11 rings (SSSR count). The molecule has 0 saturated heterocycles. The Hall–Kier alpha value is -7.30. The first-order valence-electron chi connectivity index (χ1n) is 19.2. The van der Waals surface area contributed by atoms with Crippen LogP contribution in [-0.2, 0) is 0 Å². The van der Waals surface area contributed by atoms with Crippen molar-refractivity contribution in [1.29, 1.82) is 0 Å². The molecule has 266 valence electrons. The lowest BCUT2D eigenvalue weighted by Crippen LogP contribution is -2.16. The Bertz CT molecular complexity index is 3010. The molecule has 0 unspecified atom stereocenters. The minimum atomic E-state index is 0.867. The molecule has 3 heterocycles. The summed E-state index contributed by atoms with van der Waals surface area (Å²) in [6, 6.07) is 65.7. The van der Waals surface area contributed by atoms with E-state index < -0.39 is 0 Å². The first-order chi connectivity index (χ1) is 27.6. The van der Waals surface area contributed by atoms with Crippen LogP contribution in [0.25, 0.3) is 66.3 Å². The van der Waals surface area contributed by atoms with Gasteiger partial charge in [0.15, 0.2) is 11.5 Å². The van der Waals surface area contributed by atoms with Crippen molar-refractivity contribution in [1.82, 2.24) is 9.13 Å². The van der Waals surface area contributed by atoms with E-state index in [1.807, 2.05) is 0 Å². The molecule has 1 aliphatic heterocycles. The van der Waals surface area contributed by atoms with Crippen LogP contribution < -0.4 is 9.64 Å². The van der Waals surface area contributed by atoms with Gasteiger partial charge in [-0.3, -0.25) is 0 Å². The largest absolute Gasteiger partial charge is 0.453 e. The van der Waals surface area contributed by atoms with Crippen LogP contribution in [0.5, 0.6) is 11.5 Å². The van der Waals surface area contributed by atoms with E-state index >= 15 is 0 Å². The second-order valence-corrected chi connectivity index (χ2v) is 14.8. The maximum absolute atomic E-state index is 6.45. The van der Waals surface area contributed by atoms with Crippen molar-refractivity contribution in [3.63, 3.8) is 0 Å². The molecular formula is C52H37N3O. The molecule has 2 aromatic heterocycles. The second-order valence-electron chi connectivity index (χ2n) is 14.8. The van der Waals surface area contributed by atoms with Gasteiger partial charge in [-0.1, -0.05) is 97.1 Å². The summed E-state index contributed by atoms with van der Waals surface area (Å²) < 4.78 is 11.2. The van der Waals surface area contributed by atoms with Crippen molar-refractivity contribution in [3.8, 4) is 45.1 Å². The fraction of sp³-hybridized carbons (Fsp3) is 0.0385. The number of nitrogens with zero attached hydrogens (tertiary/aromatic N) is 3. The lowest BCUT2D eigenvalue weighted by Gasteiger charge is -2.33. The molecular weight excluding hydrogens is 683 g/mol. The maximum atomic E-state index is 6.45. The van der Waals surface area contributed by atoms with E-state index in [9.17, 15) is 0 Å². The predicted octanol–water partition coefficient (Wildman–Crippen LogP) is 14.3. The number of fused-ring (bicyclic) bond motifs is 7. The summed E-state index contributed by atoms with van der Waals surface area (Å²) in [6.45, 7) is 4.21. The van der Waals surface area contributed by atoms with Crippen LogP contribution in [0.4, 0.5) is 17.1 Å². The van der Waals surface area contributed by atoms with Crippen molar-refractivity contribution < 1.29 is 4.74 Å². The van der Waals surface area contributed by atoms with Crippen molar-refractivity contribution >= 4 is 49.8 Å². The van der Waals surface area contributed by atoms with Gasteiger partial charge in [-0.2, -0.15) is 0 Å². The normalized spacial score (nSPS) is 12.2. The summed E-state index contributed by atoms with van der Waals surface area (Å²) in [7, 11) is 0. The Labute approximate surface area is 325 Å². The molecule has 0 spiro atoms. The van der Waals surface area contributed by atoms with Crippen molar-refractivity contribution in [2.24, 2.45) is 0 Å². The van der Waals surface area contributed by atoms with Gasteiger partial charge in [-0.15, -0.1) is 0 Å². The number of anilines is 3. The Kier molecular flexibility index (Phi) is 7.26. The average Bonchev–Trinajstić information content (AvgIpc) is 3.83. The number of para-hydroxylation sites is 1. The highest BCUT2D eigenvalue weighted by molar-refractivity contribution is 6.18. The SMILES string of the molecule is Cc1ccc2c(c1)Oc1cc(C)ccc1N2c1ccc(-n2c3ccccc3c3ccc4c(ccn4-c4cc(-c5ccccc5)cc(-c5ccccc5)c4)c32)cc1. The fourth-order valence-electron chi connectivity index (χ4n) is 8.57. The molecule has 0 fully saturated rings. The number of aryl methyl sites for hydroxylation is 2. The van der Waals surface area contributed by atoms with Crippen LogP contribution in [-0.4, -0.2) is 9.13 Å². The zero-order chi connectivity index (χ0) is 37.3. The van der Waals surface area contributed by atoms with Gasteiger partial charge in [0.1, 0.15) is 0 Å². The molecule has 0 atom stereocenters. The second kappa shape index (κ2) is 12.6. The van der Waals surface area contributed by atoms with Crippen molar-refractivity contribution in [2.45, 2.75) is 13.8 Å². The minimum absolute atomic E-state index is 0.867. The Morgan fingerprint density at radius 1 is 0.393 bits per heavy atom. The summed E-state index contributed by atoms with van der Waals surface area (Å²) >= 11 is 0. The van der Waals surface area contributed by atoms with Gasteiger partial charge >= 0.3 is 0 Å². The molecule has 0 radical (unpaired) electrons. The average molecular weight is 720 g/mol. The standard InChI is InChI=1S/C52H37N3O/c1-34-17-24-48-50(29-34)56-51-30-35(2)18-25-49(51)54(48)40-19-21-41(22-20-40)55-47-16-10-9-15-43(47)44-23-26-46-45(52(44)55)27-28-53(46)42-32-38(36-11-5-3-6-12-36)31-39(33-42)37-13-7-4-8-14-37/h3-33H,1-2H3. The van der Waals surface area contributed by atoms with E-state index in [4.69, 9.17) is 4.74 Å². The van der Waals surface area contributed by atoms with E-state index in [0.717, 1.165) is 45.5 Å². The van der Waals surface area contributed by atoms with Crippen LogP contribution in [0, 0.1) is 13.8 Å². The van der Waals surface area contributed by atoms with Crippen LogP contribution in [0.3, 0.4) is 0 Å². The number of hydrogen-bond donors (Lipinski definition) is 0. The highest BCUT2D eigenvalue weighted by atomic mass is 16.5. The van der Waals surface area contributed by atoms with Gasteiger partial charge in [0.25, 0.3) is 0 Å². The highest BCUT2D eigenvalue weighted by Gasteiger charge is 2.26. The van der Waals surface area contributed by atoms with Crippen molar-refractivity contribution in [2.75, 3.05) is 4.90 Å².